The van der Waals surface area contributed by atoms with E-state index in [1.807, 2.05) is 6.07 Å². The van der Waals surface area contributed by atoms with Gasteiger partial charge in [0.05, 0.1) is 10.0 Å². The maximum Gasteiger partial charge on any atom is 0.0604 e. The molecule has 13 heavy (non-hydrogen) atoms. The number of rotatable bonds is 0. The molecule has 0 heterocycles. The molecule has 1 aliphatic rings. The predicted octanol–water partition coefficient (Wildman–Crippen LogP) is 3.75. The van der Waals surface area contributed by atoms with Crippen LogP contribution in [0, 0.1) is 17.8 Å². The molecule has 1 aromatic carbocycles. The molecule has 2 heteroatoms. The van der Waals surface area contributed by atoms with Gasteiger partial charge in [-0.1, -0.05) is 35.0 Å². The highest BCUT2D eigenvalue weighted by Gasteiger charge is 2.17. The molecule has 0 bridgehead atoms. The highest BCUT2D eigenvalue weighted by Crippen LogP contribution is 2.28. The van der Waals surface area contributed by atoms with Gasteiger partial charge in [0.25, 0.3) is 0 Å². The van der Waals surface area contributed by atoms with Gasteiger partial charge in [0.15, 0.2) is 0 Å². The summed E-state index contributed by atoms with van der Waals surface area (Å²) < 4.78 is 0. The first-order chi connectivity index (χ1) is 6.25. The fourth-order valence-corrected chi connectivity index (χ4v) is 1.29. The number of hydrogen-bond acceptors (Lipinski definition) is 0. The average molecular weight is 211 g/mol. The Balaban J connectivity index is 2.22. The first kappa shape index (κ1) is 8.94. The van der Waals surface area contributed by atoms with Crippen LogP contribution in [0.15, 0.2) is 18.2 Å². The lowest BCUT2D eigenvalue weighted by Crippen LogP contribution is -1.75. The quantitative estimate of drug-likeness (QED) is 0.573. The van der Waals surface area contributed by atoms with Crippen LogP contribution in [0.1, 0.15) is 18.4 Å². The SMILES string of the molecule is Clc1ccc(C#CC2CC2)cc1Cl. The van der Waals surface area contributed by atoms with E-state index in [2.05, 4.69) is 11.8 Å². The largest absolute Gasteiger partial charge is 0.0945 e. The third-order valence-electron chi connectivity index (χ3n) is 1.92. The summed E-state index contributed by atoms with van der Waals surface area (Å²) in [6.07, 6.45) is 2.49. The summed E-state index contributed by atoms with van der Waals surface area (Å²) >= 11 is 11.6. The van der Waals surface area contributed by atoms with Crippen LogP contribution >= 0.6 is 23.2 Å². The second-order valence-corrected chi connectivity index (χ2v) is 3.99. The van der Waals surface area contributed by atoms with Crippen LogP contribution in [0.4, 0.5) is 0 Å². The summed E-state index contributed by atoms with van der Waals surface area (Å²) in [6, 6.07) is 5.48. The molecule has 0 radical (unpaired) electrons. The summed E-state index contributed by atoms with van der Waals surface area (Å²) in [5.41, 5.74) is 0.946. The van der Waals surface area contributed by atoms with Crippen molar-refractivity contribution in [2.24, 2.45) is 5.92 Å². The van der Waals surface area contributed by atoms with Crippen molar-refractivity contribution in [3.63, 3.8) is 0 Å². The molecule has 1 saturated carbocycles. The number of halogens is 2. The van der Waals surface area contributed by atoms with Gasteiger partial charge in [-0.2, -0.15) is 0 Å². The summed E-state index contributed by atoms with van der Waals surface area (Å²) in [7, 11) is 0. The van der Waals surface area contributed by atoms with E-state index in [0.29, 0.717) is 16.0 Å². The molecular formula is C11H8Cl2. The van der Waals surface area contributed by atoms with Crippen LogP contribution in [0.3, 0.4) is 0 Å². The Kier molecular flexibility index (Phi) is 2.49. The van der Waals surface area contributed by atoms with Crippen LogP contribution in [0.5, 0.6) is 0 Å². The van der Waals surface area contributed by atoms with Crippen molar-refractivity contribution in [1.29, 1.82) is 0 Å². The molecule has 0 aromatic heterocycles. The van der Waals surface area contributed by atoms with E-state index in [1.54, 1.807) is 12.1 Å². The van der Waals surface area contributed by atoms with Gasteiger partial charge in [0, 0.05) is 11.5 Å². The van der Waals surface area contributed by atoms with Crippen LogP contribution < -0.4 is 0 Å². The Hall–Kier alpha value is -0.640. The second kappa shape index (κ2) is 3.62. The third-order valence-corrected chi connectivity index (χ3v) is 2.66. The molecule has 0 N–H and O–H groups in total. The summed E-state index contributed by atoms with van der Waals surface area (Å²) in [5, 5.41) is 1.16. The van der Waals surface area contributed by atoms with Crippen molar-refractivity contribution in [2.75, 3.05) is 0 Å². The van der Waals surface area contributed by atoms with Crippen molar-refractivity contribution in [1.82, 2.24) is 0 Å². The topological polar surface area (TPSA) is 0 Å². The Morgan fingerprint density at radius 1 is 1.15 bits per heavy atom. The van der Waals surface area contributed by atoms with Gasteiger partial charge in [-0.3, -0.25) is 0 Å². The van der Waals surface area contributed by atoms with E-state index >= 15 is 0 Å². The highest BCUT2D eigenvalue weighted by molar-refractivity contribution is 6.42. The predicted molar refractivity (Wildman–Crippen MR) is 56.1 cm³/mol. The minimum absolute atomic E-state index is 0.573. The van der Waals surface area contributed by atoms with E-state index in [0.717, 1.165) is 5.56 Å². The molecule has 0 unspecified atom stereocenters. The van der Waals surface area contributed by atoms with Crippen molar-refractivity contribution in [3.8, 4) is 11.8 Å². The Bertz CT molecular complexity index is 381. The van der Waals surface area contributed by atoms with Gasteiger partial charge < -0.3 is 0 Å². The van der Waals surface area contributed by atoms with Crippen molar-refractivity contribution >= 4 is 23.2 Å². The lowest BCUT2D eigenvalue weighted by Gasteiger charge is -1.94. The zero-order valence-electron chi connectivity index (χ0n) is 6.98. The Morgan fingerprint density at radius 2 is 1.92 bits per heavy atom. The Labute approximate surface area is 87.9 Å². The van der Waals surface area contributed by atoms with Gasteiger partial charge in [-0.15, -0.1) is 0 Å². The van der Waals surface area contributed by atoms with Crippen LogP contribution in [0.25, 0.3) is 0 Å². The fraction of sp³-hybridized carbons (Fsp3) is 0.273. The van der Waals surface area contributed by atoms with Crippen LogP contribution in [0.2, 0.25) is 10.0 Å². The van der Waals surface area contributed by atoms with E-state index in [9.17, 15) is 0 Å². The van der Waals surface area contributed by atoms with Crippen molar-refractivity contribution in [3.05, 3.63) is 33.8 Å². The standard InChI is InChI=1S/C11H8Cl2/c12-10-6-5-9(7-11(10)13)4-3-8-1-2-8/h5-8H,1-2H2. The van der Waals surface area contributed by atoms with E-state index in [1.165, 1.54) is 12.8 Å². The zero-order valence-corrected chi connectivity index (χ0v) is 8.49. The maximum absolute atomic E-state index is 5.85. The van der Waals surface area contributed by atoms with Crippen molar-refractivity contribution < 1.29 is 0 Å². The minimum atomic E-state index is 0.573. The fourth-order valence-electron chi connectivity index (χ4n) is 0.987. The van der Waals surface area contributed by atoms with Gasteiger partial charge in [-0.05, 0) is 31.0 Å². The van der Waals surface area contributed by atoms with E-state index in [-0.39, 0.29) is 0 Å². The lowest BCUT2D eigenvalue weighted by molar-refractivity contribution is 1.18. The second-order valence-electron chi connectivity index (χ2n) is 3.17. The van der Waals surface area contributed by atoms with Crippen LogP contribution in [-0.4, -0.2) is 0 Å². The summed E-state index contributed by atoms with van der Waals surface area (Å²) in [6.45, 7) is 0. The van der Waals surface area contributed by atoms with E-state index < -0.39 is 0 Å². The molecule has 2 rings (SSSR count). The molecule has 1 aromatic rings. The summed E-state index contributed by atoms with van der Waals surface area (Å²) in [5.74, 6) is 6.87. The van der Waals surface area contributed by atoms with Gasteiger partial charge in [0.1, 0.15) is 0 Å². The maximum atomic E-state index is 5.85. The molecule has 0 amide bonds. The summed E-state index contributed by atoms with van der Waals surface area (Å²) in [4.78, 5) is 0. The van der Waals surface area contributed by atoms with Gasteiger partial charge >= 0.3 is 0 Å². The zero-order chi connectivity index (χ0) is 9.26. The smallest absolute Gasteiger partial charge is 0.0604 e. The normalized spacial score (nSPS) is 14.9. The Morgan fingerprint density at radius 3 is 2.54 bits per heavy atom. The van der Waals surface area contributed by atoms with Gasteiger partial charge in [-0.25, -0.2) is 0 Å². The third kappa shape index (κ3) is 2.40. The molecule has 0 aliphatic heterocycles. The van der Waals surface area contributed by atoms with Gasteiger partial charge in [0.2, 0.25) is 0 Å². The molecule has 66 valence electrons. The average Bonchev–Trinajstić information content (AvgIpc) is 2.91. The highest BCUT2D eigenvalue weighted by atomic mass is 35.5. The molecule has 1 fully saturated rings. The van der Waals surface area contributed by atoms with E-state index in [4.69, 9.17) is 23.2 Å². The molecule has 0 saturated heterocycles. The van der Waals surface area contributed by atoms with Crippen LogP contribution in [-0.2, 0) is 0 Å². The first-order valence-corrected chi connectivity index (χ1v) is 4.98. The molecular weight excluding hydrogens is 203 g/mol. The number of benzene rings is 1. The molecule has 1 aliphatic carbocycles. The molecule has 0 nitrogen and oxygen atoms in total. The minimum Gasteiger partial charge on any atom is -0.0945 e. The molecule has 0 atom stereocenters. The lowest BCUT2D eigenvalue weighted by atomic mass is 10.2. The monoisotopic (exact) mass is 210 g/mol. The van der Waals surface area contributed by atoms with Crippen molar-refractivity contribution in [2.45, 2.75) is 12.8 Å². The number of hydrogen-bond donors (Lipinski definition) is 0. The first-order valence-electron chi connectivity index (χ1n) is 4.22. The molecule has 0 spiro atoms.